The van der Waals surface area contributed by atoms with Gasteiger partial charge in [-0.25, -0.2) is 0 Å². The quantitative estimate of drug-likeness (QED) is 0.297. The average molecular weight is 464 g/mol. The molecule has 2 aromatic carbocycles. The summed E-state index contributed by atoms with van der Waals surface area (Å²) < 4.78 is 20.1. The van der Waals surface area contributed by atoms with Crippen molar-refractivity contribution in [3.05, 3.63) is 35.4 Å². The Labute approximate surface area is 195 Å². The molecule has 0 amide bonds. The van der Waals surface area contributed by atoms with E-state index in [0.717, 1.165) is 0 Å². The van der Waals surface area contributed by atoms with E-state index < -0.39 is 23.9 Å². The van der Waals surface area contributed by atoms with Crippen LogP contribution in [0.25, 0.3) is 0 Å². The second-order valence-electron chi connectivity index (χ2n) is 6.65. The third-order valence-electron chi connectivity index (χ3n) is 3.70. The molecule has 0 aliphatic carbocycles. The standard InChI is InChI=1S/C24H20N2O8/c1-13(27)31-21-9-17(19(25)11-23(21)33-15(3)29)7-5-6-8-18-10-22(32-14(2)28)24(12-20(18)26)34-16(4)30/h9-12H,25-26H2,1-4H3. The summed E-state index contributed by atoms with van der Waals surface area (Å²) in [4.78, 5) is 45.2. The van der Waals surface area contributed by atoms with Crippen LogP contribution in [-0.2, 0) is 19.2 Å². The summed E-state index contributed by atoms with van der Waals surface area (Å²) in [6.45, 7) is 4.75. The molecule has 10 heteroatoms. The summed E-state index contributed by atoms with van der Waals surface area (Å²) >= 11 is 0. The van der Waals surface area contributed by atoms with E-state index in [2.05, 4.69) is 23.7 Å². The predicted octanol–water partition coefficient (Wildman–Crippen LogP) is 1.96. The van der Waals surface area contributed by atoms with Crippen LogP contribution in [0.2, 0.25) is 0 Å². The van der Waals surface area contributed by atoms with Crippen LogP contribution in [-0.4, -0.2) is 23.9 Å². The largest absolute Gasteiger partial charge is 0.423 e. The minimum atomic E-state index is -0.631. The van der Waals surface area contributed by atoms with Gasteiger partial charge in [-0.05, 0) is 11.8 Å². The first kappa shape index (κ1) is 25.3. The van der Waals surface area contributed by atoms with Gasteiger partial charge in [-0.3, -0.25) is 19.2 Å². The predicted molar refractivity (Wildman–Crippen MR) is 121 cm³/mol. The van der Waals surface area contributed by atoms with Gasteiger partial charge in [0.05, 0.1) is 22.5 Å². The van der Waals surface area contributed by atoms with Crippen LogP contribution in [0.1, 0.15) is 38.8 Å². The maximum absolute atomic E-state index is 11.4. The van der Waals surface area contributed by atoms with E-state index in [0.29, 0.717) is 0 Å². The van der Waals surface area contributed by atoms with Crippen LogP contribution >= 0.6 is 0 Å². The van der Waals surface area contributed by atoms with E-state index in [1.165, 1.54) is 52.0 Å². The molecule has 4 N–H and O–H groups in total. The van der Waals surface area contributed by atoms with Crippen molar-refractivity contribution < 1.29 is 38.1 Å². The molecule has 0 fully saturated rings. The number of carbonyl (C=O) groups excluding carboxylic acids is 4. The zero-order valence-corrected chi connectivity index (χ0v) is 18.7. The van der Waals surface area contributed by atoms with Gasteiger partial charge in [0.2, 0.25) is 0 Å². The van der Waals surface area contributed by atoms with E-state index >= 15 is 0 Å². The number of hydrogen-bond acceptors (Lipinski definition) is 10. The Morgan fingerprint density at radius 3 is 1.09 bits per heavy atom. The Hall–Kier alpha value is -4.96. The van der Waals surface area contributed by atoms with E-state index in [4.69, 9.17) is 30.4 Å². The molecule has 34 heavy (non-hydrogen) atoms. The molecule has 0 heterocycles. The molecule has 2 rings (SSSR count). The Morgan fingerprint density at radius 2 is 0.824 bits per heavy atom. The molecule has 0 radical (unpaired) electrons. The molecule has 2 aromatic rings. The maximum atomic E-state index is 11.4. The Bertz CT molecular complexity index is 1200. The highest BCUT2D eigenvalue weighted by molar-refractivity contribution is 5.77. The fourth-order valence-electron chi connectivity index (χ4n) is 2.50. The van der Waals surface area contributed by atoms with E-state index in [-0.39, 0.29) is 45.5 Å². The Balaban J connectivity index is 2.41. The van der Waals surface area contributed by atoms with Crippen molar-refractivity contribution in [3.63, 3.8) is 0 Å². The molecule has 174 valence electrons. The van der Waals surface area contributed by atoms with Crippen molar-refractivity contribution in [2.24, 2.45) is 0 Å². The van der Waals surface area contributed by atoms with Gasteiger partial charge < -0.3 is 30.4 Å². The Morgan fingerprint density at radius 1 is 0.559 bits per heavy atom. The SMILES string of the molecule is CC(=O)Oc1cc(N)c(C#CC#Cc2cc(OC(C)=O)c(OC(C)=O)cc2N)cc1OC(C)=O. The van der Waals surface area contributed by atoms with E-state index in [1.54, 1.807) is 0 Å². The van der Waals surface area contributed by atoms with E-state index in [1.807, 2.05) is 0 Å². The molecular weight excluding hydrogens is 444 g/mol. The first-order chi connectivity index (χ1) is 16.0. The van der Waals surface area contributed by atoms with Gasteiger partial charge in [0.15, 0.2) is 23.0 Å². The van der Waals surface area contributed by atoms with Crippen molar-refractivity contribution >= 4 is 35.3 Å². The summed E-state index contributed by atoms with van der Waals surface area (Å²) in [6.07, 6.45) is 0. The van der Waals surface area contributed by atoms with Crippen molar-refractivity contribution in [2.75, 3.05) is 11.5 Å². The molecule has 0 saturated carbocycles. The first-order valence-corrected chi connectivity index (χ1v) is 9.59. The van der Waals surface area contributed by atoms with E-state index in [9.17, 15) is 19.2 Å². The maximum Gasteiger partial charge on any atom is 0.308 e. The second kappa shape index (κ2) is 11.1. The van der Waals surface area contributed by atoms with Crippen molar-refractivity contribution in [1.29, 1.82) is 0 Å². The number of esters is 4. The van der Waals surface area contributed by atoms with Gasteiger partial charge in [-0.2, -0.15) is 0 Å². The lowest BCUT2D eigenvalue weighted by atomic mass is 10.1. The molecule has 0 saturated heterocycles. The van der Waals surface area contributed by atoms with Gasteiger partial charge in [-0.1, -0.05) is 11.8 Å². The second-order valence-corrected chi connectivity index (χ2v) is 6.65. The first-order valence-electron chi connectivity index (χ1n) is 9.59. The summed E-state index contributed by atoms with van der Waals surface area (Å²) in [6, 6.07) is 5.28. The van der Waals surface area contributed by atoms with Crippen molar-refractivity contribution in [2.45, 2.75) is 27.7 Å². The topological polar surface area (TPSA) is 157 Å². The smallest absolute Gasteiger partial charge is 0.308 e. The molecule has 0 aliphatic heterocycles. The molecule has 10 nitrogen and oxygen atoms in total. The third-order valence-corrected chi connectivity index (χ3v) is 3.70. The zero-order chi connectivity index (χ0) is 25.4. The number of benzene rings is 2. The summed E-state index contributed by atoms with van der Waals surface area (Å²) in [5, 5.41) is 0. The summed E-state index contributed by atoms with van der Waals surface area (Å²) in [5.74, 6) is 7.92. The van der Waals surface area contributed by atoms with Crippen LogP contribution in [0.15, 0.2) is 24.3 Å². The average Bonchev–Trinajstić information content (AvgIpc) is 2.69. The number of carbonyl (C=O) groups is 4. The number of anilines is 2. The number of ether oxygens (including phenoxy) is 4. The van der Waals surface area contributed by atoms with Gasteiger partial charge >= 0.3 is 23.9 Å². The lowest BCUT2D eigenvalue weighted by molar-refractivity contribution is -0.134. The molecular formula is C24H20N2O8. The molecule has 0 bridgehead atoms. The normalized spacial score (nSPS) is 9.41. The van der Waals surface area contributed by atoms with Gasteiger partial charge in [0.1, 0.15) is 0 Å². The Kier molecular flexibility index (Phi) is 8.24. The molecule has 0 unspecified atom stereocenters. The lowest BCUT2D eigenvalue weighted by Gasteiger charge is -2.10. The number of nitrogen functional groups attached to an aromatic ring is 2. The molecule has 0 spiro atoms. The highest BCUT2D eigenvalue weighted by atomic mass is 16.6. The molecule has 0 aromatic heterocycles. The fourth-order valence-corrected chi connectivity index (χ4v) is 2.50. The number of nitrogens with two attached hydrogens (primary N) is 2. The fraction of sp³-hybridized carbons (Fsp3) is 0.167. The van der Waals surface area contributed by atoms with Crippen LogP contribution in [0.4, 0.5) is 11.4 Å². The zero-order valence-electron chi connectivity index (χ0n) is 18.7. The molecule has 0 atom stereocenters. The van der Waals surface area contributed by atoms with Crippen molar-refractivity contribution in [1.82, 2.24) is 0 Å². The van der Waals surface area contributed by atoms with Crippen LogP contribution in [0.3, 0.4) is 0 Å². The third kappa shape index (κ3) is 7.32. The summed E-state index contributed by atoms with van der Waals surface area (Å²) in [5.41, 5.74) is 12.7. The minimum Gasteiger partial charge on any atom is -0.423 e. The van der Waals surface area contributed by atoms with Crippen LogP contribution < -0.4 is 30.4 Å². The van der Waals surface area contributed by atoms with Gasteiger partial charge in [0, 0.05) is 52.0 Å². The van der Waals surface area contributed by atoms with Gasteiger partial charge in [-0.15, -0.1) is 0 Å². The lowest BCUT2D eigenvalue weighted by Crippen LogP contribution is -2.08. The molecule has 0 aliphatic rings. The van der Waals surface area contributed by atoms with Crippen LogP contribution in [0.5, 0.6) is 23.0 Å². The monoisotopic (exact) mass is 464 g/mol. The summed E-state index contributed by atoms with van der Waals surface area (Å²) in [7, 11) is 0. The minimum absolute atomic E-state index is 0.0320. The van der Waals surface area contributed by atoms with Crippen LogP contribution in [0, 0.1) is 23.7 Å². The van der Waals surface area contributed by atoms with Crippen molar-refractivity contribution in [3.8, 4) is 46.7 Å². The highest BCUT2D eigenvalue weighted by Gasteiger charge is 2.15. The number of rotatable bonds is 4. The van der Waals surface area contributed by atoms with Gasteiger partial charge in [0.25, 0.3) is 0 Å². The number of hydrogen-bond donors (Lipinski definition) is 2. The highest BCUT2D eigenvalue weighted by Crippen LogP contribution is 2.33.